The molecule has 0 spiro atoms. The number of nitrogens with one attached hydrogen (secondary N) is 1. The zero-order valence-corrected chi connectivity index (χ0v) is 12.9. The van der Waals surface area contributed by atoms with Crippen molar-refractivity contribution in [3.63, 3.8) is 0 Å². The molecular weight excluding hydrogens is 286 g/mol. The van der Waals surface area contributed by atoms with E-state index in [1.54, 1.807) is 11.3 Å². The summed E-state index contributed by atoms with van der Waals surface area (Å²) in [5, 5.41) is 6.90. The summed E-state index contributed by atoms with van der Waals surface area (Å²) in [6, 6.07) is 3.98. The van der Waals surface area contributed by atoms with Crippen LogP contribution < -0.4 is 5.32 Å². The number of hydrogen-bond acceptors (Lipinski definition) is 5. The molecule has 0 saturated heterocycles. The van der Waals surface area contributed by atoms with Crippen LogP contribution in [0.15, 0.2) is 16.7 Å². The first-order chi connectivity index (χ1) is 10.2. The molecule has 112 valence electrons. The highest BCUT2D eigenvalue weighted by Crippen LogP contribution is 2.33. The van der Waals surface area contributed by atoms with Crippen LogP contribution in [0.3, 0.4) is 0 Å². The summed E-state index contributed by atoms with van der Waals surface area (Å²) in [5.74, 6) is 1.85. The van der Waals surface area contributed by atoms with Gasteiger partial charge in [0.2, 0.25) is 17.6 Å². The number of carbonyl (C=O) groups excluding carboxylic acids is 1. The maximum Gasteiger partial charge on any atom is 0.230 e. The van der Waals surface area contributed by atoms with Gasteiger partial charge in [0.25, 0.3) is 0 Å². The van der Waals surface area contributed by atoms with Crippen LogP contribution in [-0.4, -0.2) is 16.0 Å². The first-order valence-corrected chi connectivity index (χ1v) is 8.21. The Morgan fingerprint density at radius 3 is 2.95 bits per heavy atom. The Morgan fingerprint density at radius 2 is 2.19 bits per heavy atom. The molecule has 1 aliphatic carbocycles. The summed E-state index contributed by atoms with van der Waals surface area (Å²) < 4.78 is 5.44. The maximum absolute atomic E-state index is 10.9. The van der Waals surface area contributed by atoms with E-state index in [1.807, 2.05) is 12.1 Å². The Kier molecular flexibility index (Phi) is 4.34. The Labute approximate surface area is 127 Å². The summed E-state index contributed by atoms with van der Waals surface area (Å²) in [6.45, 7) is 2.07. The molecule has 0 unspecified atom stereocenters. The normalized spacial score (nSPS) is 16.0. The van der Waals surface area contributed by atoms with Crippen molar-refractivity contribution in [3.8, 4) is 10.7 Å². The third kappa shape index (κ3) is 3.50. The number of thiophene rings is 1. The van der Waals surface area contributed by atoms with Crippen molar-refractivity contribution in [1.82, 2.24) is 15.5 Å². The molecule has 1 aliphatic rings. The van der Waals surface area contributed by atoms with E-state index < -0.39 is 0 Å². The second-order valence-corrected chi connectivity index (χ2v) is 6.64. The topological polar surface area (TPSA) is 68.0 Å². The van der Waals surface area contributed by atoms with Gasteiger partial charge in [0, 0.05) is 17.7 Å². The van der Waals surface area contributed by atoms with Crippen molar-refractivity contribution >= 4 is 17.2 Å². The lowest BCUT2D eigenvalue weighted by molar-refractivity contribution is -0.119. The maximum atomic E-state index is 10.9. The van der Waals surface area contributed by atoms with Gasteiger partial charge in [0.05, 0.1) is 11.4 Å². The van der Waals surface area contributed by atoms with Crippen molar-refractivity contribution in [3.05, 3.63) is 22.9 Å². The molecule has 3 rings (SSSR count). The highest BCUT2D eigenvalue weighted by molar-refractivity contribution is 7.15. The predicted molar refractivity (Wildman–Crippen MR) is 81.0 cm³/mol. The van der Waals surface area contributed by atoms with Gasteiger partial charge < -0.3 is 9.84 Å². The average Bonchev–Trinajstić information content (AvgIpc) is 3.15. The van der Waals surface area contributed by atoms with E-state index in [0.29, 0.717) is 18.3 Å². The fourth-order valence-corrected chi connectivity index (χ4v) is 3.53. The smallest absolute Gasteiger partial charge is 0.230 e. The second-order valence-electron chi connectivity index (χ2n) is 5.47. The summed E-state index contributed by atoms with van der Waals surface area (Å²) in [6.07, 6.45) is 6.12. The number of rotatable bonds is 4. The van der Waals surface area contributed by atoms with Crippen LogP contribution >= 0.6 is 11.3 Å². The van der Waals surface area contributed by atoms with Crippen LogP contribution in [0.25, 0.3) is 10.7 Å². The van der Waals surface area contributed by atoms with E-state index in [9.17, 15) is 4.79 Å². The Bertz CT molecular complexity index is 614. The molecular formula is C15H19N3O2S. The van der Waals surface area contributed by atoms with E-state index >= 15 is 0 Å². The molecule has 5 nitrogen and oxygen atoms in total. The van der Waals surface area contributed by atoms with Gasteiger partial charge in [0.1, 0.15) is 0 Å². The molecule has 2 aromatic heterocycles. The summed E-state index contributed by atoms with van der Waals surface area (Å²) in [7, 11) is 0. The number of amides is 1. The van der Waals surface area contributed by atoms with E-state index in [1.165, 1.54) is 26.2 Å². The van der Waals surface area contributed by atoms with Crippen molar-refractivity contribution < 1.29 is 9.32 Å². The molecule has 0 radical (unpaired) electrons. The molecule has 6 heteroatoms. The minimum atomic E-state index is -0.0240. The van der Waals surface area contributed by atoms with E-state index in [2.05, 4.69) is 15.5 Å². The highest BCUT2D eigenvalue weighted by atomic mass is 32.1. The van der Waals surface area contributed by atoms with Crippen LogP contribution in [-0.2, 0) is 11.3 Å². The Morgan fingerprint density at radius 1 is 1.38 bits per heavy atom. The number of nitrogens with zero attached hydrogens (tertiary/aromatic N) is 2. The fraction of sp³-hybridized carbons (Fsp3) is 0.533. The third-order valence-electron chi connectivity index (χ3n) is 3.79. The second kappa shape index (κ2) is 6.39. The SMILES string of the molecule is CC(=O)NCc1ccc(-c2noc(C3CCCCC3)n2)s1. The van der Waals surface area contributed by atoms with Crippen LogP contribution in [0.2, 0.25) is 0 Å². The first kappa shape index (κ1) is 14.3. The van der Waals surface area contributed by atoms with Gasteiger partial charge in [0.15, 0.2) is 0 Å². The van der Waals surface area contributed by atoms with Crippen LogP contribution in [0.4, 0.5) is 0 Å². The zero-order chi connectivity index (χ0) is 14.7. The molecule has 0 aliphatic heterocycles. The van der Waals surface area contributed by atoms with E-state index in [0.717, 1.165) is 28.5 Å². The zero-order valence-electron chi connectivity index (χ0n) is 12.1. The third-order valence-corrected chi connectivity index (χ3v) is 4.87. The van der Waals surface area contributed by atoms with Crippen LogP contribution in [0.5, 0.6) is 0 Å². The predicted octanol–water partition coefficient (Wildman–Crippen LogP) is 3.48. The van der Waals surface area contributed by atoms with Crippen LogP contribution in [0, 0.1) is 0 Å². The van der Waals surface area contributed by atoms with E-state index in [-0.39, 0.29) is 5.91 Å². The van der Waals surface area contributed by atoms with Gasteiger partial charge in [-0.25, -0.2) is 0 Å². The molecule has 2 aromatic rings. The van der Waals surface area contributed by atoms with Gasteiger partial charge in [-0.1, -0.05) is 24.4 Å². The van der Waals surface area contributed by atoms with Crippen molar-refractivity contribution in [2.45, 2.75) is 51.5 Å². The molecule has 1 saturated carbocycles. The van der Waals surface area contributed by atoms with E-state index in [4.69, 9.17) is 4.52 Å². The van der Waals surface area contributed by atoms with Crippen molar-refractivity contribution in [2.75, 3.05) is 0 Å². The molecule has 0 aromatic carbocycles. The van der Waals surface area contributed by atoms with Gasteiger partial charge in [-0.05, 0) is 25.0 Å². The van der Waals surface area contributed by atoms with Gasteiger partial charge in [-0.3, -0.25) is 4.79 Å². The van der Waals surface area contributed by atoms with Crippen molar-refractivity contribution in [2.24, 2.45) is 0 Å². The van der Waals surface area contributed by atoms with Crippen molar-refractivity contribution in [1.29, 1.82) is 0 Å². The minimum Gasteiger partial charge on any atom is -0.351 e. The molecule has 1 fully saturated rings. The standard InChI is InChI=1S/C15H19N3O2S/c1-10(19)16-9-12-7-8-13(21-12)14-17-15(20-18-14)11-5-3-2-4-6-11/h7-8,11H,2-6,9H2,1H3,(H,16,19). The summed E-state index contributed by atoms with van der Waals surface area (Å²) >= 11 is 1.59. The molecule has 0 atom stereocenters. The minimum absolute atomic E-state index is 0.0240. The monoisotopic (exact) mass is 305 g/mol. The summed E-state index contributed by atoms with van der Waals surface area (Å²) in [5.41, 5.74) is 0. The summed E-state index contributed by atoms with van der Waals surface area (Å²) in [4.78, 5) is 17.6. The molecule has 21 heavy (non-hydrogen) atoms. The molecule has 1 N–H and O–H groups in total. The lowest BCUT2D eigenvalue weighted by Crippen LogP contribution is -2.17. The quantitative estimate of drug-likeness (QED) is 0.939. The van der Waals surface area contributed by atoms with Gasteiger partial charge in [-0.15, -0.1) is 11.3 Å². The molecule has 1 amide bonds. The largest absolute Gasteiger partial charge is 0.351 e. The lowest BCUT2D eigenvalue weighted by atomic mass is 9.89. The number of aromatic nitrogens is 2. The number of carbonyl (C=O) groups is 1. The highest BCUT2D eigenvalue weighted by Gasteiger charge is 2.22. The average molecular weight is 305 g/mol. The molecule has 0 bridgehead atoms. The van der Waals surface area contributed by atoms with Gasteiger partial charge in [-0.2, -0.15) is 4.98 Å². The Hall–Kier alpha value is -1.69. The van der Waals surface area contributed by atoms with Gasteiger partial charge >= 0.3 is 0 Å². The van der Waals surface area contributed by atoms with Crippen LogP contribution in [0.1, 0.15) is 55.7 Å². The number of hydrogen-bond donors (Lipinski definition) is 1. The fourth-order valence-electron chi connectivity index (χ4n) is 2.66. The first-order valence-electron chi connectivity index (χ1n) is 7.39. The Balaban J connectivity index is 1.69. The lowest BCUT2D eigenvalue weighted by Gasteiger charge is -2.17. The molecule has 2 heterocycles.